The fourth-order valence-electron chi connectivity index (χ4n) is 2.78. The SMILES string of the molecule is CCOCCCNC(=O)c1cccc(Nc2ncc(-c3ccc(C)cc3)cn2)c1. The molecule has 0 radical (unpaired) electrons. The third-order valence-electron chi connectivity index (χ3n) is 4.37. The van der Waals surface area contributed by atoms with Crippen LogP contribution in [0.1, 0.15) is 29.3 Å². The highest BCUT2D eigenvalue weighted by atomic mass is 16.5. The number of carbonyl (C=O) groups is 1. The first kappa shape index (κ1) is 20.5. The van der Waals surface area contributed by atoms with Crippen molar-refractivity contribution >= 4 is 17.5 Å². The Balaban J connectivity index is 1.59. The van der Waals surface area contributed by atoms with Crippen LogP contribution in [0.5, 0.6) is 0 Å². The zero-order valence-electron chi connectivity index (χ0n) is 16.8. The summed E-state index contributed by atoms with van der Waals surface area (Å²) in [6.45, 7) is 5.93. The van der Waals surface area contributed by atoms with Crippen LogP contribution >= 0.6 is 0 Å². The first-order valence-corrected chi connectivity index (χ1v) is 9.78. The van der Waals surface area contributed by atoms with E-state index in [-0.39, 0.29) is 5.91 Å². The van der Waals surface area contributed by atoms with Gasteiger partial charge in [-0.2, -0.15) is 0 Å². The van der Waals surface area contributed by atoms with Gasteiger partial charge in [-0.15, -0.1) is 0 Å². The molecule has 0 unspecified atom stereocenters. The molecule has 29 heavy (non-hydrogen) atoms. The Bertz CT molecular complexity index is 924. The van der Waals surface area contributed by atoms with Crippen molar-refractivity contribution in [3.05, 3.63) is 72.1 Å². The van der Waals surface area contributed by atoms with Crippen LogP contribution in [0, 0.1) is 6.92 Å². The lowest BCUT2D eigenvalue weighted by molar-refractivity contribution is 0.0944. The van der Waals surface area contributed by atoms with Crippen LogP contribution in [-0.4, -0.2) is 35.6 Å². The molecular formula is C23H26N4O2. The van der Waals surface area contributed by atoms with Crippen LogP contribution < -0.4 is 10.6 Å². The third kappa shape index (κ3) is 6.12. The number of anilines is 2. The number of carbonyl (C=O) groups excluding carboxylic acids is 1. The molecular weight excluding hydrogens is 364 g/mol. The van der Waals surface area contributed by atoms with Crippen molar-refractivity contribution in [1.29, 1.82) is 0 Å². The van der Waals surface area contributed by atoms with E-state index in [4.69, 9.17) is 4.74 Å². The second-order valence-electron chi connectivity index (χ2n) is 6.67. The third-order valence-corrected chi connectivity index (χ3v) is 4.37. The van der Waals surface area contributed by atoms with E-state index in [1.807, 2.05) is 19.1 Å². The summed E-state index contributed by atoms with van der Waals surface area (Å²) in [6.07, 6.45) is 4.36. The highest BCUT2D eigenvalue weighted by Crippen LogP contribution is 2.20. The van der Waals surface area contributed by atoms with Crippen molar-refractivity contribution in [2.45, 2.75) is 20.3 Å². The smallest absolute Gasteiger partial charge is 0.251 e. The molecule has 0 saturated carbocycles. The summed E-state index contributed by atoms with van der Waals surface area (Å²) < 4.78 is 5.27. The van der Waals surface area contributed by atoms with Crippen molar-refractivity contribution < 1.29 is 9.53 Å². The standard InChI is InChI=1S/C23H26N4O2/c1-3-29-13-5-12-24-22(28)19-6-4-7-21(14-19)27-23-25-15-20(16-26-23)18-10-8-17(2)9-11-18/h4,6-11,14-16H,3,5,12-13H2,1-2H3,(H,24,28)(H,25,26,27). The molecule has 2 aromatic carbocycles. The number of nitrogens with one attached hydrogen (secondary N) is 2. The van der Waals surface area contributed by atoms with E-state index < -0.39 is 0 Å². The van der Waals surface area contributed by atoms with Gasteiger partial charge in [0.2, 0.25) is 5.95 Å². The van der Waals surface area contributed by atoms with Crippen molar-refractivity contribution in [2.24, 2.45) is 0 Å². The maximum absolute atomic E-state index is 12.3. The number of benzene rings is 2. The van der Waals surface area contributed by atoms with E-state index in [1.54, 1.807) is 24.5 Å². The van der Waals surface area contributed by atoms with E-state index in [0.717, 1.165) is 23.2 Å². The van der Waals surface area contributed by atoms with Crippen LogP contribution in [0.2, 0.25) is 0 Å². The maximum atomic E-state index is 12.3. The summed E-state index contributed by atoms with van der Waals surface area (Å²) in [5.74, 6) is 0.371. The first-order chi connectivity index (χ1) is 14.2. The lowest BCUT2D eigenvalue weighted by Crippen LogP contribution is -2.25. The van der Waals surface area contributed by atoms with Gasteiger partial charge in [0.05, 0.1) is 0 Å². The van der Waals surface area contributed by atoms with Gasteiger partial charge < -0.3 is 15.4 Å². The Labute approximate surface area is 171 Å². The van der Waals surface area contributed by atoms with Gasteiger partial charge in [0.15, 0.2) is 0 Å². The van der Waals surface area contributed by atoms with E-state index in [1.165, 1.54) is 5.56 Å². The number of amides is 1. The molecule has 0 aliphatic heterocycles. The molecule has 6 heteroatoms. The fraction of sp³-hybridized carbons (Fsp3) is 0.261. The van der Waals surface area contributed by atoms with Crippen LogP contribution in [0.4, 0.5) is 11.6 Å². The van der Waals surface area contributed by atoms with Crippen molar-refractivity contribution in [1.82, 2.24) is 15.3 Å². The minimum atomic E-state index is -0.110. The summed E-state index contributed by atoms with van der Waals surface area (Å²) in [4.78, 5) is 21.1. The monoisotopic (exact) mass is 390 g/mol. The molecule has 1 amide bonds. The van der Waals surface area contributed by atoms with Crippen LogP contribution in [-0.2, 0) is 4.74 Å². The highest BCUT2D eigenvalue weighted by molar-refractivity contribution is 5.95. The summed E-state index contributed by atoms with van der Waals surface area (Å²) in [6, 6.07) is 15.5. The van der Waals surface area contributed by atoms with Gasteiger partial charge in [-0.3, -0.25) is 4.79 Å². The molecule has 2 N–H and O–H groups in total. The predicted octanol–water partition coefficient (Wildman–Crippen LogP) is 4.35. The Morgan fingerprint density at radius 3 is 2.52 bits per heavy atom. The zero-order valence-corrected chi connectivity index (χ0v) is 16.8. The second kappa shape index (κ2) is 10.3. The summed E-state index contributed by atoms with van der Waals surface area (Å²) >= 11 is 0. The number of hydrogen-bond donors (Lipinski definition) is 2. The number of hydrogen-bond acceptors (Lipinski definition) is 5. The van der Waals surface area contributed by atoms with Gasteiger partial charge in [0.25, 0.3) is 5.91 Å². The van der Waals surface area contributed by atoms with Gasteiger partial charge in [0.1, 0.15) is 0 Å². The number of ether oxygens (including phenoxy) is 1. The predicted molar refractivity (Wildman–Crippen MR) is 115 cm³/mol. The second-order valence-corrected chi connectivity index (χ2v) is 6.67. The Kier molecular flexibility index (Phi) is 7.30. The Hall–Kier alpha value is -3.25. The molecule has 0 saturated heterocycles. The topological polar surface area (TPSA) is 76.1 Å². The largest absolute Gasteiger partial charge is 0.382 e. The van der Waals surface area contributed by atoms with Crippen molar-refractivity contribution in [2.75, 3.05) is 25.1 Å². The average molecular weight is 390 g/mol. The van der Waals surface area contributed by atoms with Gasteiger partial charge in [0, 0.05) is 49.0 Å². The fourth-order valence-corrected chi connectivity index (χ4v) is 2.78. The van der Waals surface area contributed by atoms with E-state index in [0.29, 0.717) is 31.3 Å². The molecule has 0 bridgehead atoms. The van der Waals surface area contributed by atoms with Crippen LogP contribution in [0.15, 0.2) is 60.9 Å². The van der Waals surface area contributed by atoms with Crippen LogP contribution in [0.3, 0.4) is 0 Å². The van der Waals surface area contributed by atoms with Gasteiger partial charge in [-0.05, 0) is 44.0 Å². The van der Waals surface area contributed by atoms with Crippen molar-refractivity contribution in [3.63, 3.8) is 0 Å². The number of rotatable bonds is 9. The van der Waals surface area contributed by atoms with Crippen LogP contribution in [0.25, 0.3) is 11.1 Å². The number of aryl methyl sites for hydroxylation is 1. The quantitative estimate of drug-likeness (QED) is 0.531. The first-order valence-electron chi connectivity index (χ1n) is 9.78. The van der Waals surface area contributed by atoms with Gasteiger partial charge in [-0.25, -0.2) is 9.97 Å². The summed E-state index contributed by atoms with van der Waals surface area (Å²) in [5.41, 5.74) is 4.59. The molecule has 0 spiro atoms. The minimum Gasteiger partial charge on any atom is -0.382 e. The minimum absolute atomic E-state index is 0.110. The highest BCUT2D eigenvalue weighted by Gasteiger charge is 2.07. The van der Waals surface area contributed by atoms with E-state index >= 15 is 0 Å². The molecule has 6 nitrogen and oxygen atoms in total. The van der Waals surface area contributed by atoms with E-state index in [9.17, 15) is 4.79 Å². The molecule has 3 rings (SSSR count). The average Bonchev–Trinajstić information content (AvgIpc) is 2.75. The molecule has 0 aliphatic carbocycles. The molecule has 150 valence electrons. The lowest BCUT2D eigenvalue weighted by atomic mass is 10.1. The molecule has 0 aliphatic rings. The summed E-state index contributed by atoms with van der Waals surface area (Å²) in [5, 5.41) is 6.05. The number of aromatic nitrogens is 2. The molecule has 1 heterocycles. The zero-order chi connectivity index (χ0) is 20.5. The molecule has 3 aromatic rings. The van der Waals surface area contributed by atoms with Gasteiger partial charge in [-0.1, -0.05) is 35.9 Å². The maximum Gasteiger partial charge on any atom is 0.251 e. The Morgan fingerprint density at radius 1 is 1.03 bits per heavy atom. The summed E-state index contributed by atoms with van der Waals surface area (Å²) in [7, 11) is 0. The normalized spacial score (nSPS) is 10.6. The van der Waals surface area contributed by atoms with E-state index in [2.05, 4.69) is 51.8 Å². The number of nitrogens with zero attached hydrogens (tertiary/aromatic N) is 2. The molecule has 0 fully saturated rings. The Morgan fingerprint density at radius 2 is 1.79 bits per heavy atom. The lowest BCUT2D eigenvalue weighted by Gasteiger charge is -2.09. The molecule has 1 aromatic heterocycles. The van der Waals surface area contributed by atoms with Gasteiger partial charge >= 0.3 is 0 Å². The van der Waals surface area contributed by atoms with Crippen molar-refractivity contribution in [3.8, 4) is 11.1 Å². The molecule has 0 atom stereocenters.